The van der Waals surface area contributed by atoms with Gasteiger partial charge in [0.1, 0.15) is 5.82 Å². The topological polar surface area (TPSA) is 29.5 Å². The van der Waals surface area contributed by atoms with Crippen molar-refractivity contribution in [2.75, 3.05) is 18.6 Å². The number of anilines is 1. The standard InChI is InChI=1S/C15H11BrClF2NO2/c1-20(13-4-2-9(16)6-11(13)17)15(21)8-22-14-5-3-10(18)7-12(14)19/h2-7H,8H2,1H3. The lowest BCUT2D eigenvalue weighted by Gasteiger charge is -2.19. The number of carbonyl (C=O) groups is 1. The minimum absolute atomic E-state index is 0.190. The molecule has 0 unspecified atom stereocenters. The van der Waals surface area contributed by atoms with Gasteiger partial charge in [-0.1, -0.05) is 27.5 Å². The molecule has 2 aromatic rings. The van der Waals surface area contributed by atoms with E-state index in [-0.39, 0.29) is 5.75 Å². The molecule has 0 radical (unpaired) electrons. The predicted molar refractivity (Wildman–Crippen MR) is 84.4 cm³/mol. The molecule has 3 nitrogen and oxygen atoms in total. The first-order valence-electron chi connectivity index (χ1n) is 6.18. The zero-order valence-electron chi connectivity index (χ0n) is 11.4. The lowest BCUT2D eigenvalue weighted by atomic mass is 10.3. The van der Waals surface area contributed by atoms with Crippen LogP contribution in [0, 0.1) is 11.6 Å². The summed E-state index contributed by atoms with van der Waals surface area (Å²) in [4.78, 5) is 13.4. The van der Waals surface area contributed by atoms with Crippen molar-refractivity contribution in [3.63, 3.8) is 0 Å². The quantitative estimate of drug-likeness (QED) is 0.773. The number of carbonyl (C=O) groups excluding carboxylic acids is 1. The molecule has 1 amide bonds. The Bertz CT molecular complexity index is 712. The molecular formula is C15H11BrClF2NO2. The van der Waals surface area contributed by atoms with Crippen LogP contribution in [0.25, 0.3) is 0 Å². The highest BCUT2D eigenvalue weighted by Crippen LogP contribution is 2.28. The molecule has 0 aliphatic rings. The van der Waals surface area contributed by atoms with E-state index in [0.29, 0.717) is 16.8 Å². The second-order valence-electron chi connectivity index (χ2n) is 4.41. The molecule has 0 aliphatic carbocycles. The van der Waals surface area contributed by atoms with E-state index < -0.39 is 24.1 Å². The molecule has 2 aromatic carbocycles. The number of likely N-dealkylation sites (N-methyl/N-ethyl adjacent to an activating group) is 1. The van der Waals surface area contributed by atoms with Crippen molar-refractivity contribution in [2.45, 2.75) is 0 Å². The van der Waals surface area contributed by atoms with Gasteiger partial charge in [0.05, 0.1) is 10.7 Å². The summed E-state index contributed by atoms with van der Waals surface area (Å²) in [6, 6.07) is 7.94. The van der Waals surface area contributed by atoms with Crippen molar-refractivity contribution < 1.29 is 18.3 Å². The molecule has 0 bridgehead atoms. The largest absolute Gasteiger partial charge is 0.481 e. The summed E-state index contributed by atoms with van der Waals surface area (Å²) in [7, 11) is 1.53. The van der Waals surface area contributed by atoms with Gasteiger partial charge >= 0.3 is 0 Å². The van der Waals surface area contributed by atoms with Gasteiger partial charge in [0.2, 0.25) is 0 Å². The summed E-state index contributed by atoms with van der Waals surface area (Å²) in [5.74, 6) is -2.19. The van der Waals surface area contributed by atoms with Gasteiger partial charge in [-0.25, -0.2) is 8.78 Å². The number of nitrogens with zero attached hydrogens (tertiary/aromatic N) is 1. The number of amides is 1. The fourth-order valence-electron chi connectivity index (χ4n) is 1.72. The maximum absolute atomic E-state index is 13.4. The summed E-state index contributed by atoms with van der Waals surface area (Å²) in [6.07, 6.45) is 0. The maximum Gasteiger partial charge on any atom is 0.264 e. The second-order valence-corrected chi connectivity index (χ2v) is 5.73. The molecule has 0 fully saturated rings. The third kappa shape index (κ3) is 3.96. The van der Waals surface area contributed by atoms with Gasteiger partial charge in [0.15, 0.2) is 18.2 Å². The number of hydrogen-bond donors (Lipinski definition) is 0. The van der Waals surface area contributed by atoms with Crippen LogP contribution in [0.15, 0.2) is 40.9 Å². The predicted octanol–water partition coefficient (Wildman–Crippen LogP) is 4.42. The van der Waals surface area contributed by atoms with E-state index >= 15 is 0 Å². The number of ether oxygens (including phenoxy) is 1. The number of rotatable bonds is 4. The van der Waals surface area contributed by atoms with Crippen LogP contribution in [0.3, 0.4) is 0 Å². The van der Waals surface area contributed by atoms with Crippen molar-refractivity contribution in [1.82, 2.24) is 0 Å². The van der Waals surface area contributed by atoms with Gasteiger partial charge in [-0.3, -0.25) is 4.79 Å². The number of halogens is 4. The average molecular weight is 391 g/mol. The van der Waals surface area contributed by atoms with Crippen LogP contribution < -0.4 is 9.64 Å². The van der Waals surface area contributed by atoms with Crippen LogP contribution >= 0.6 is 27.5 Å². The molecule has 0 saturated heterocycles. The molecule has 0 atom stereocenters. The molecule has 2 rings (SSSR count). The van der Waals surface area contributed by atoms with Crippen molar-refractivity contribution in [3.05, 3.63) is 57.5 Å². The van der Waals surface area contributed by atoms with E-state index in [2.05, 4.69) is 15.9 Å². The Hall–Kier alpha value is -1.66. The number of hydrogen-bond acceptors (Lipinski definition) is 2. The zero-order valence-corrected chi connectivity index (χ0v) is 13.8. The molecule has 116 valence electrons. The van der Waals surface area contributed by atoms with Crippen LogP contribution in [0.2, 0.25) is 5.02 Å². The lowest BCUT2D eigenvalue weighted by Crippen LogP contribution is -2.31. The third-order valence-electron chi connectivity index (χ3n) is 2.89. The SMILES string of the molecule is CN(C(=O)COc1ccc(F)cc1F)c1ccc(Br)cc1Cl. The average Bonchev–Trinajstić information content (AvgIpc) is 2.45. The smallest absolute Gasteiger partial charge is 0.264 e. The fourth-order valence-corrected chi connectivity index (χ4v) is 2.52. The lowest BCUT2D eigenvalue weighted by molar-refractivity contribution is -0.120. The van der Waals surface area contributed by atoms with Gasteiger partial charge in [0.25, 0.3) is 5.91 Å². The summed E-state index contributed by atoms with van der Waals surface area (Å²) < 4.78 is 32.1. The summed E-state index contributed by atoms with van der Waals surface area (Å²) >= 11 is 9.33. The molecule has 0 spiro atoms. The summed E-state index contributed by atoms with van der Waals surface area (Å²) in [5.41, 5.74) is 0.498. The summed E-state index contributed by atoms with van der Waals surface area (Å²) in [6.45, 7) is -0.397. The Labute approximate surface area is 139 Å². The summed E-state index contributed by atoms with van der Waals surface area (Å²) in [5, 5.41) is 0.387. The first-order chi connectivity index (χ1) is 10.4. The van der Waals surface area contributed by atoms with Crippen LogP contribution in [0.4, 0.5) is 14.5 Å². The van der Waals surface area contributed by atoms with Crippen molar-refractivity contribution in [3.8, 4) is 5.75 Å². The van der Waals surface area contributed by atoms with Gasteiger partial charge in [-0.2, -0.15) is 0 Å². The second kappa shape index (κ2) is 7.07. The normalized spacial score (nSPS) is 10.4. The van der Waals surface area contributed by atoms with Crippen molar-refractivity contribution in [1.29, 1.82) is 0 Å². The molecule has 0 saturated carbocycles. The minimum atomic E-state index is -0.864. The van der Waals surface area contributed by atoms with Gasteiger partial charge in [-0.05, 0) is 30.3 Å². The monoisotopic (exact) mass is 389 g/mol. The van der Waals surface area contributed by atoms with Crippen molar-refractivity contribution >= 4 is 39.1 Å². The van der Waals surface area contributed by atoms with E-state index in [9.17, 15) is 13.6 Å². The molecule has 7 heteroatoms. The Balaban J connectivity index is 2.05. The highest BCUT2D eigenvalue weighted by Gasteiger charge is 2.16. The molecule has 22 heavy (non-hydrogen) atoms. The van der Waals surface area contributed by atoms with E-state index in [1.807, 2.05) is 0 Å². The highest BCUT2D eigenvalue weighted by atomic mass is 79.9. The Kier molecular flexibility index (Phi) is 5.37. The maximum atomic E-state index is 13.4. The Morgan fingerprint density at radius 3 is 2.64 bits per heavy atom. The van der Waals surface area contributed by atoms with Crippen LogP contribution in [0.1, 0.15) is 0 Å². The van der Waals surface area contributed by atoms with E-state index in [1.54, 1.807) is 18.2 Å². The van der Waals surface area contributed by atoms with Gasteiger partial charge < -0.3 is 9.64 Å². The van der Waals surface area contributed by atoms with Crippen molar-refractivity contribution in [2.24, 2.45) is 0 Å². The molecule has 0 N–H and O–H groups in total. The van der Waals surface area contributed by atoms with E-state index in [4.69, 9.17) is 16.3 Å². The van der Waals surface area contributed by atoms with E-state index in [1.165, 1.54) is 11.9 Å². The van der Waals surface area contributed by atoms with Crippen LogP contribution in [-0.2, 0) is 4.79 Å². The number of benzene rings is 2. The first-order valence-corrected chi connectivity index (χ1v) is 7.35. The zero-order chi connectivity index (χ0) is 16.3. The minimum Gasteiger partial charge on any atom is -0.481 e. The van der Waals surface area contributed by atoms with Gasteiger partial charge in [0, 0.05) is 17.6 Å². The molecular weight excluding hydrogens is 380 g/mol. The third-order valence-corrected chi connectivity index (χ3v) is 3.69. The first kappa shape index (κ1) is 16.7. The van der Waals surface area contributed by atoms with Crippen LogP contribution in [0.5, 0.6) is 5.75 Å². The van der Waals surface area contributed by atoms with Crippen LogP contribution in [-0.4, -0.2) is 19.6 Å². The molecule has 0 heterocycles. The van der Waals surface area contributed by atoms with E-state index in [0.717, 1.165) is 16.6 Å². The van der Waals surface area contributed by atoms with Gasteiger partial charge in [-0.15, -0.1) is 0 Å². The Morgan fingerprint density at radius 2 is 2.00 bits per heavy atom. The highest BCUT2D eigenvalue weighted by molar-refractivity contribution is 9.10. The fraction of sp³-hybridized carbons (Fsp3) is 0.133. The molecule has 0 aliphatic heterocycles. The molecule has 0 aromatic heterocycles. The Morgan fingerprint density at radius 1 is 1.27 bits per heavy atom.